The summed E-state index contributed by atoms with van der Waals surface area (Å²) < 4.78 is 5.16. The molecular weight excluding hydrogens is 312 g/mol. The van der Waals surface area contributed by atoms with Crippen LogP contribution in [0.25, 0.3) is 0 Å². The molecule has 132 valence electrons. The molecule has 0 radical (unpaired) electrons. The van der Waals surface area contributed by atoms with Gasteiger partial charge in [0.25, 0.3) is 0 Å². The normalized spacial score (nSPS) is 16.4. The summed E-state index contributed by atoms with van der Waals surface area (Å²) in [7, 11) is 1.66. The highest BCUT2D eigenvalue weighted by molar-refractivity contribution is 5.74. The van der Waals surface area contributed by atoms with E-state index in [4.69, 9.17) is 4.74 Å². The van der Waals surface area contributed by atoms with Crippen LogP contribution in [0.1, 0.15) is 42.0 Å². The van der Waals surface area contributed by atoms with E-state index in [1.54, 1.807) is 7.11 Å². The quantitative estimate of drug-likeness (QED) is 0.810. The molecule has 1 unspecified atom stereocenters. The lowest BCUT2D eigenvalue weighted by atomic mass is 9.99. The van der Waals surface area contributed by atoms with Gasteiger partial charge in [0.1, 0.15) is 5.75 Å². The molecule has 0 spiro atoms. The number of urea groups is 1. The third-order valence-electron chi connectivity index (χ3n) is 4.78. The zero-order valence-electron chi connectivity index (χ0n) is 14.8. The molecule has 1 aliphatic carbocycles. The first-order valence-electron chi connectivity index (χ1n) is 9.01. The number of benzene rings is 2. The number of nitrogens with one attached hydrogen (secondary N) is 2. The Morgan fingerprint density at radius 2 is 1.92 bits per heavy atom. The van der Waals surface area contributed by atoms with E-state index in [0.717, 1.165) is 31.4 Å². The number of amides is 2. The van der Waals surface area contributed by atoms with Crippen molar-refractivity contribution >= 4 is 6.03 Å². The van der Waals surface area contributed by atoms with Crippen LogP contribution in [0.3, 0.4) is 0 Å². The molecule has 2 aromatic rings. The van der Waals surface area contributed by atoms with Gasteiger partial charge in [0.15, 0.2) is 0 Å². The van der Waals surface area contributed by atoms with E-state index >= 15 is 0 Å². The molecule has 0 aromatic heterocycles. The Morgan fingerprint density at radius 3 is 2.72 bits per heavy atom. The van der Waals surface area contributed by atoms with Gasteiger partial charge in [-0.15, -0.1) is 0 Å². The van der Waals surface area contributed by atoms with Crippen LogP contribution in [0.4, 0.5) is 4.79 Å². The van der Waals surface area contributed by atoms with Gasteiger partial charge in [0.05, 0.1) is 13.2 Å². The lowest BCUT2D eigenvalue weighted by Gasteiger charge is -2.19. The lowest BCUT2D eigenvalue weighted by Crippen LogP contribution is -2.39. The van der Waals surface area contributed by atoms with E-state index in [9.17, 15) is 4.79 Å². The minimum atomic E-state index is -0.0878. The number of aryl methyl sites for hydroxylation is 1. The maximum atomic E-state index is 12.3. The van der Waals surface area contributed by atoms with Gasteiger partial charge in [0.2, 0.25) is 0 Å². The molecule has 0 fully saturated rings. The number of carbonyl (C=O) groups is 1. The summed E-state index contributed by atoms with van der Waals surface area (Å²) >= 11 is 0. The summed E-state index contributed by atoms with van der Waals surface area (Å²) in [6.45, 7) is 0.618. The van der Waals surface area contributed by atoms with Crippen LogP contribution in [-0.2, 0) is 12.8 Å². The third kappa shape index (κ3) is 4.75. The van der Waals surface area contributed by atoms with Crippen molar-refractivity contribution in [2.24, 2.45) is 0 Å². The molecule has 2 N–H and O–H groups in total. The minimum absolute atomic E-state index is 0.0878. The Hall–Kier alpha value is -2.49. The third-order valence-corrected chi connectivity index (χ3v) is 4.78. The van der Waals surface area contributed by atoms with Gasteiger partial charge in [-0.1, -0.05) is 42.8 Å². The smallest absolute Gasteiger partial charge is 0.315 e. The first-order valence-corrected chi connectivity index (χ1v) is 9.01. The zero-order valence-corrected chi connectivity index (χ0v) is 14.8. The van der Waals surface area contributed by atoms with Gasteiger partial charge >= 0.3 is 6.03 Å². The van der Waals surface area contributed by atoms with Gasteiger partial charge in [-0.05, 0) is 54.5 Å². The number of methoxy groups -OCH3 is 1. The van der Waals surface area contributed by atoms with E-state index in [1.165, 1.54) is 23.1 Å². The predicted octanol–water partition coefficient (Wildman–Crippen LogP) is 4.00. The Bertz CT molecular complexity index is 697. The van der Waals surface area contributed by atoms with Crippen LogP contribution in [0.5, 0.6) is 5.75 Å². The monoisotopic (exact) mass is 338 g/mol. The van der Waals surface area contributed by atoms with Gasteiger partial charge in [-0.2, -0.15) is 0 Å². The first kappa shape index (κ1) is 17.3. The van der Waals surface area contributed by atoms with E-state index in [2.05, 4.69) is 34.9 Å². The van der Waals surface area contributed by atoms with Crippen molar-refractivity contribution in [3.63, 3.8) is 0 Å². The van der Waals surface area contributed by atoms with Crippen molar-refractivity contribution in [1.82, 2.24) is 10.6 Å². The fourth-order valence-corrected chi connectivity index (χ4v) is 3.39. The van der Waals surface area contributed by atoms with Crippen LogP contribution in [0, 0.1) is 0 Å². The average Bonchev–Trinajstić information content (AvgIpc) is 2.85. The maximum absolute atomic E-state index is 12.3. The fourth-order valence-electron chi connectivity index (χ4n) is 3.39. The second kappa shape index (κ2) is 8.56. The van der Waals surface area contributed by atoms with Crippen LogP contribution in [-0.4, -0.2) is 19.7 Å². The van der Waals surface area contributed by atoms with Crippen molar-refractivity contribution in [3.8, 4) is 5.75 Å². The van der Waals surface area contributed by atoms with Crippen molar-refractivity contribution in [2.45, 2.75) is 38.1 Å². The van der Waals surface area contributed by atoms with Crippen LogP contribution < -0.4 is 15.4 Å². The molecule has 0 saturated heterocycles. The molecule has 0 bridgehead atoms. The first-order chi connectivity index (χ1) is 12.3. The van der Waals surface area contributed by atoms with Gasteiger partial charge in [-0.25, -0.2) is 4.79 Å². The lowest BCUT2D eigenvalue weighted by molar-refractivity contribution is 0.236. The fraction of sp³-hybridized carbons (Fsp3) is 0.381. The van der Waals surface area contributed by atoms with Gasteiger partial charge in [-0.3, -0.25) is 0 Å². The second-order valence-corrected chi connectivity index (χ2v) is 6.50. The molecule has 3 rings (SSSR count). The summed E-state index contributed by atoms with van der Waals surface area (Å²) in [5.41, 5.74) is 3.81. The van der Waals surface area contributed by atoms with Gasteiger partial charge < -0.3 is 15.4 Å². The topological polar surface area (TPSA) is 50.4 Å². The largest absolute Gasteiger partial charge is 0.497 e. The zero-order chi connectivity index (χ0) is 17.5. The number of carbonyl (C=O) groups excluding carboxylic acids is 1. The van der Waals surface area contributed by atoms with Crippen molar-refractivity contribution in [3.05, 3.63) is 65.2 Å². The minimum Gasteiger partial charge on any atom is -0.497 e. The Kier molecular flexibility index (Phi) is 5.94. The molecule has 1 atom stereocenters. The summed E-state index contributed by atoms with van der Waals surface area (Å²) in [6, 6.07) is 16.4. The Labute approximate surface area is 149 Å². The second-order valence-electron chi connectivity index (χ2n) is 6.50. The standard InChI is InChI=1S/C21H26N2O2/c1-25-18-12-10-16(11-13-18)14-15-22-21(24)23-20-9-5-3-7-17-6-2-4-8-19(17)20/h2,4,6,8,10-13,20H,3,5,7,9,14-15H2,1H3,(H2,22,23,24). The molecule has 4 heteroatoms. The molecule has 25 heavy (non-hydrogen) atoms. The van der Waals surface area contributed by atoms with Crippen molar-refractivity contribution in [2.75, 3.05) is 13.7 Å². The van der Waals surface area contributed by atoms with Crippen LogP contribution in [0.2, 0.25) is 0 Å². The highest BCUT2D eigenvalue weighted by Gasteiger charge is 2.19. The predicted molar refractivity (Wildman–Crippen MR) is 100.0 cm³/mol. The number of rotatable bonds is 5. The Balaban J connectivity index is 1.50. The van der Waals surface area contributed by atoms with Crippen LogP contribution in [0.15, 0.2) is 48.5 Å². The molecular formula is C21H26N2O2. The number of fused-ring (bicyclic) bond motifs is 1. The Morgan fingerprint density at radius 1 is 1.12 bits per heavy atom. The maximum Gasteiger partial charge on any atom is 0.315 e. The molecule has 0 heterocycles. The van der Waals surface area contributed by atoms with E-state index in [1.807, 2.05) is 24.3 Å². The highest BCUT2D eigenvalue weighted by Crippen LogP contribution is 2.28. The molecule has 2 amide bonds. The van der Waals surface area contributed by atoms with Crippen LogP contribution >= 0.6 is 0 Å². The summed E-state index contributed by atoms with van der Waals surface area (Å²) in [5.74, 6) is 0.849. The molecule has 0 saturated carbocycles. The molecule has 0 aliphatic heterocycles. The SMILES string of the molecule is COc1ccc(CCNC(=O)NC2CCCCc3ccccc32)cc1. The number of ether oxygens (including phenoxy) is 1. The summed E-state index contributed by atoms with van der Waals surface area (Å²) in [6.07, 6.45) is 5.24. The number of hydrogen-bond acceptors (Lipinski definition) is 2. The molecule has 2 aromatic carbocycles. The molecule has 1 aliphatic rings. The number of hydrogen-bond donors (Lipinski definition) is 2. The summed E-state index contributed by atoms with van der Waals surface area (Å²) in [5, 5.41) is 6.13. The van der Waals surface area contributed by atoms with E-state index < -0.39 is 0 Å². The average molecular weight is 338 g/mol. The van der Waals surface area contributed by atoms with E-state index in [-0.39, 0.29) is 12.1 Å². The van der Waals surface area contributed by atoms with Crippen molar-refractivity contribution < 1.29 is 9.53 Å². The highest BCUT2D eigenvalue weighted by atomic mass is 16.5. The summed E-state index contributed by atoms with van der Waals surface area (Å²) in [4.78, 5) is 12.3. The van der Waals surface area contributed by atoms with E-state index in [0.29, 0.717) is 6.54 Å². The molecule has 4 nitrogen and oxygen atoms in total. The van der Waals surface area contributed by atoms with Crippen molar-refractivity contribution in [1.29, 1.82) is 0 Å². The van der Waals surface area contributed by atoms with Gasteiger partial charge in [0, 0.05) is 6.54 Å².